The van der Waals surface area contributed by atoms with E-state index in [1.54, 1.807) is 0 Å². The largest absolute Gasteiger partial charge is 0.354 e. The van der Waals surface area contributed by atoms with Crippen LogP contribution >= 0.6 is 0 Å². The van der Waals surface area contributed by atoms with Crippen molar-refractivity contribution in [1.82, 2.24) is 10.2 Å². The van der Waals surface area contributed by atoms with Crippen molar-refractivity contribution in [2.45, 2.75) is 6.54 Å². The maximum Gasteiger partial charge on any atom is 0.234 e. The number of hydrogen-bond acceptors (Lipinski definition) is 2. The average Bonchev–Trinajstić information content (AvgIpc) is 2.39. The topological polar surface area (TPSA) is 32.3 Å². The number of rotatable bonds is 2. The van der Waals surface area contributed by atoms with E-state index in [-0.39, 0.29) is 25.5 Å². The summed E-state index contributed by atoms with van der Waals surface area (Å²) in [6.07, 6.45) is 0. The number of amides is 1. The van der Waals surface area contributed by atoms with Gasteiger partial charge in [-0.15, -0.1) is 0 Å². The van der Waals surface area contributed by atoms with E-state index in [1.165, 1.54) is 4.90 Å². The van der Waals surface area contributed by atoms with Crippen molar-refractivity contribution in [2.24, 2.45) is 0 Å². The van der Waals surface area contributed by atoms with E-state index in [4.69, 9.17) is 0 Å². The molecule has 0 spiro atoms. The van der Waals surface area contributed by atoms with Crippen molar-refractivity contribution in [3.8, 4) is 0 Å². The van der Waals surface area contributed by atoms with E-state index in [9.17, 15) is 26.7 Å². The molecule has 3 nitrogen and oxygen atoms in total. The number of nitrogens with one attached hydrogen (secondary N) is 1. The number of benzene rings is 1. The second-order valence-electron chi connectivity index (χ2n) is 4.11. The maximum absolute atomic E-state index is 13.4. The first kappa shape index (κ1) is 13.7. The van der Waals surface area contributed by atoms with Crippen LogP contribution in [0, 0.1) is 29.1 Å². The van der Waals surface area contributed by atoms with Crippen molar-refractivity contribution in [1.29, 1.82) is 0 Å². The Labute approximate surface area is 105 Å². The number of halogens is 5. The van der Waals surface area contributed by atoms with Gasteiger partial charge < -0.3 is 5.32 Å². The van der Waals surface area contributed by atoms with Gasteiger partial charge in [0.1, 0.15) is 0 Å². The Morgan fingerprint density at radius 3 is 2.00 bits per heavy atom. The third-order valence-corrected chi connectivity index (χ3v) is 2.80. The van der Waals surface area contributed by atoms with Crippen molar-refractivity contribution in [3.05, 3.63) is 34.6 Å². The molecule has 104 valence electrons. The summed E-state index contributed by atoms with van der Waals surface area (Å²) >= 11 is 0. The quantitative estimate of drug-likeness (QED) is 0.503. The highest BCUT2D eigenvalue weighted by Gasteiger charge is 2.27. The molecule has 1 N–H and O–H groups in total. The summed E-state index contributed by atoms with van der Waals surface area (Å²) in [7, 11) is 0. The molecule has 0 aromatic heterocycles. The van der Waals surface area contributed by atoms with Gasteiger partial charge in [0, 0.05) is 25.2 Å². The van der Waals surface area contributed by atoms with Gasteiger partial charge in [-0.25, -0.2) is 22.0 Å². The lowest BCUT2D eigenvalue weighted by atomic mass is 10.1. The van der Waals surface area contributed by atoms with E-state index < -0.39 is 41.2 Å². The van der Waals surface area contributed by atoms with Crippen LogP contribution in [0.2, 0.25) is 0 Å². The van der Waals surface area contributed by atoms with Crippen LogP contribution in [0.4, 0.5) is 22.0 Å². The Balaban J connectivity index is 2.32. The molecule has 1 fully saturated rings. The minimum absolute atomic E-state index is 0.153. The van der Waals surface area contributed by atoms with Gasteiger partial charge in [-0.3, -0.25) is 9.69 Å². The molecule has 8 heteroatoms. The van der Waals surface area contributed by atoms with Crippen LogP contribution in [-0.2, 0) is 11.3 Å². The van der Waals surface area contributed by atoms with Crippen molar-refractivity contribution in [2.75, 3.05) is 19.6 Å². The molecule has 0 unspecified atom stereocenters. The predicted molar refractivity (Wildman–Crippen MR) is 54.5 cm³/mol. The molecule has 1 aromatic carbocycles. The Kier molecular flexibility index (Phi) is 3.70. The normalized spacial score (nSPS) is 16.6. The summed E-state index contributed by atoms with van der Waals surface area (Å²) in [5.41, 5.74) is -0.925. The van der Waals surface area contributed by atoms with Crippen LogP contribution in [-0.4, -0.2) is 30.4 Å². The number of nitrogens with zero attached hydrogens (tertiary/aromatic N) is 1. The first-order chi connectivity index (χ1) is 8.91. The lowest BCUT2D eigenvalue weighted by molar-refractivity contribution is -0.124. The van der Waals surface area contributed by atoms with Crippen LogP contribution in [0.3, 0.4) is 0 Å². The second-order valence-corrected chi connectivity index (χ2v) is 4.11. The Hall–Kier alpha value is -1.70. The number of hydrogen-bond donors (Lipinski definition) is 1. The van der Waals surface area contributed by atoms with Gasteiger partial charge in [0.25, 0.3) is 0 Å². The van der Waals surface area contributed by atoms with Gasteiger partial charge in [0.2, 0.25) is 11.7 Å². The van der Waals surface area contributed by atoms with E-state index in [0.29, 0.717) is 0 Å². The Bertz CT molecular complexity index is 505. The lowest BCUT2D eigenvalue weighted by Crippen LogP contribution is -2.47. The molecule has 2 rings (SSSR count). The molecule has 1 amide bonds. The minimum Gasteiger partial charge on any atom is -0.354 e. The molecule has 1 aromatic rings. The molecule has 1 saturated heterocycles. The highest BCUT2D eigenvalue weighted by Crippen LogP contribution is 2.24. The highest BCUT2D eigenvalue weighted by molar-refractivity contribution is 5.78. The Morgan fingerprint density at radius 2 is 1.47 bits per heavy atom. The first-order valence-electron chi connectivity index (χ1n) is 5.41. The predicted octanol–water partition coefficient (Wildman–Crippen LogP) is 1.31. The number of carbonyl (C=O) groups is 1. The van der Waals surface area contributed by atoms with E-state index >= 15 is 0 Å². The Morgan fingerprint density at radius 1 is 0.947 bits per heavy atom. The standard InChI is InChI=1S/C11H9F5N2O/c12-7-5(3-18-2-1-17-6(19)4-18)8(13)10(15)11(16)9(7)14/h1-4H2,(H,17,19). The minimum atomic E-state index is -2.19. The summed E-state index contributed by atoms with van der Waals surface area (Å²) in [4.78, 5) is 12.4. The highest BCUT2D eigenvalue weighted by atomic mass is 19.2. The zero-order valence-electron chi connectivity index (χ0n) is 9.57. The third kappa shape index (κ3) is 2.53. The van der Waals surface area contributed by atoms with Crippen molar-refractivity contribution >= 4 is 5.91 Å². The van der Waals surface area contributed by atoms with Crippen LogP contribution in [0.15, 0.2) is 0 Å². The SMILES string of the molecule is O=C1CN(Cc2c(F)c(F)c(F)c(F)c2F)CCN1. The van der Waals surface area contributed by atoms with E-state index in [2.05, 4.69) is 5.32 Å². The zero-order valence-corrected chi connectivity index (χ0v) is 9.57. The summed E-state index contributed by atoms with van der Waals surface area (Å²) in [5, 5.41) is 2.48. The van der Waals surface area contributed by atoms with E-state index in [1.807, 2.05) is 0 Å². The molecule has 0 aliphatic carbocycles. The molecule has 1 heterocycles. The fraction of sp³-hybridized carbons (Fsp3) is 0.364. The van der Waals surface area contributed by atoms with Gasteiger partial charge in [-0.1, -0.05) is 0 Å². The van der Waals surface area contributed by atoms with Gasteiger partial charge in [-0.05, 0) is 0 Å². The van der Waals surface area contributed by atoms with Crippen LogP contribution < -0.4 is 5.32 Å². The monoisotopic (exact) mass is 280 g/mol. The van der Waals surface area contributed by atoms with Crippen LogP contribution in [0.25, 0.3) is 0 Å². The molecular formula is C11H9F5N2O. The molecule has 0 bridgehead atoms. The summed E-state index contributed by atoms with van der Waals surface area (Å²) in [6.45, 7) is -0.141. The fourth-order valence-corrected chi connectivity index (χ4v) is 1.84. The van der Waals surface area contributed by atoms with Crippen LogP contribution in [0.5, 0.6) is 0 Å². The average molecular weight is 280 g/mol. The van der Waals surface area contributed by atoms with Gasteiger partial charge >= 0.3 is 0 Å². The summed E-state index contributed by atoms with van der Waals surface area (Å²) in [5.74, 6) is -10.2. The van der Waals surface area contributed by atoms with E-state index in [0.717, 1.165) is 0 Å². The molecule has 0 saturated carbocycles. The number of carbonyl (C=O) groups excluding carboxylic acids is 1. The molecule has 1 aliphatic rings. The van der Waals surface area contributed by atoms with Gasteiger partial charge in [-0.2, -0.15) is 0 Å². The van der Waals surface area contributed by atoms with Crippen molar-refractivity contribution in [3.63, 3.8) is 0 Å². The fourth-order valence-electron chi connectivity index (χ4n) is 1.84. The zero-order chi connectivity index (χ0) is 14.2. The summed E-state index contributed by atoms with van der Waals surface area (Å²) in [6, 6.07) is 0. The third-order valence-electron chi connectivity index (χ3n) is 2.80. The molecule has 19 heavy (non-hydrogen) atoms. The van der Waals surface area contributed by atoms with Crippen molar-refractivity contribution < 1.29 is 26.7 Å². The first-order valence-corrected chi connectivity index (χ1v) is 5.41. The smallest absolute Gasteiger partial charge is 0.234 e. The molecule has 0 atom stereocenters. The summed E-state index contributed by atoms with van der Waals surface area (Å²) < 4.78 is 65.6. The lowest BCUT2D eigenvalue weighted by Gasteiger charge is -2.26. The molecule has 0 radical (unpaired) electrons. The maximum atomic E-state index is 13.4. The molecular weight excluding hydrogens is 271 g/mol. The number of piperazine rings is 1. The second kappa shape index (κ2) is 5.12. The molecule has 1 aliphatic heterocycles. The van der Waals surface area contributed by atoms with Crippen LogP contribution in [0.1, 0.15) is 5.56 Å². The van der Waals surface area contributed by atoms with Gasteiger partial charge in [0.05, 0.1) is 6.54 Å². The van der Waals surface area contributed by atoms with Gasteiger partial charge in [0.15, 0.2) is 23.3 Å².